The lowest BCUT2D eigenvalue weighted by atomic mass is 9.96. The second kappa shape index (κ2) is 10.1. The molecule has 1 aliphatic heterocycles. The van der Waals surface area contributed by atoms with Gasteiger partial charge in [0.15, 0.2) is 0 Å². The first-order chi connectivity index (χ1) is 16.0. The van der Waals surface area contributed by atoms with E-state index in [0.717, 1.165) is 11.1 Å². The Bertz CT molecular complexity index is 983. The standard InChI is InChI=1S/C26H30N2O5/c1-2-18(15-24(29)28-13-11-17(12-14-28)25(30)31)27-26(32)33-16-23-21-9-5-3-7-19(21)20-8-4-6-10-22(20)23/h3-10,17-18,23H,2,11-16H2,1H3,(H,27,32)(H,30,31)/t18-/m0/s1. The third kappa shape index (κ3) is 5.02. The van der Waals surface area contributed by atoms with Crippen LogP contribution >= 0.6 is 0 Å². The van der Waals surface area contributed by atoms with Crippen molar-refractivity contribution in [3.63, 3.8) is 0 Å². The Morgan fingerprint density at radius 1 is 1.03 bits per heavy atom. The quantitative estimate of drug-likeness (QED) is 0.664. The van der Waals surface area contributed by atoms with Crippen LogP contribution in [0.3, 0.4) is 0 Å². The lowest BCUT2D eigenvalue weighted by molar-refractivity contribution is -0.145. The molecule has 2 amide bonds. The van der Waals surface area contributed by atoms with E-state index in [1.165, 1.54) is 11.1 Å². The van der Waals surface area contributed by atoms with Crippen LogP contribution in [0.1, 0.15) is 49.7 Å². The molecule has 174 valence electrons. The lowest BCUT2D eigenvalue weighted by Gasteiger charge is -2.31. The molecular weight excluding hydrogens is 420 g/mol. The van der Waals surface area contributed by atoms with Gasteiger partial charge in [-0.3, -0.25) is 9.59 Å². The lowest BCUT2D eigenvalue weighted by Crippen LogP contribution is -2.44. The summed E-state index contributed by atoms with van der Waals surface area (Å²) in [6.07, 6.45) is 1.19. The third-order valence-electron chi connectivity index (χ3n) is 6.78. The van der Waals surface area contributed by atoms with E-state index in [0.29, 0.717) is 32.4 Å². The number of nitrogens with zero attached hydrogens (tertiary/aromatic N) is 1. The highest BCUT2D eigenvalue weighted by Gasteiger charge is 2.30. The van der Waals surface area contributed by atoms with E-state index in [2.05, 4.69) is 29.6 Å². The van der Waals surface area contributed by atoms with Gasteiger partial charge in [0.25, 0.3) is 0 Å². The minimum absolute atomic E-state index is 0.0135. The molecule has 2 N–H and O–H groups in total. The monoisotopic (exact) mass is 450 g/mol. The summed E-state index contributed by atoms with van der Waals surface area (Å²) < 4.78 is 5.60. The average molecular weight is 451 g/mol. The normalized spacial score (nSPS) is 16.6. The highest BCUT2D eigenvalue weighted by Crippen LogP contribution is 2.44. The number of carbonyl (C=O) groups excluding carboxylic acids is 2. The SMILES string of the molecule is CC[C@@H](CC(=O)N1CCC(C(=O)O)CC1)NC(=O)OCC1c2ccccc2-c2ccccc21. The third-order valence-corrected chi connectivity index (χ3v) is 6.78. The molecule has 0 spiro atoms. The van der Waals surface area contributed by atoms with Crippen molar-refractivity contribution in [3.8, 4) is 11.1 Å². The maximum Gasteiger partial charge on any atom is 0.407 e. The van der Waals surface area contributed by atoms with E-state index in [1.54, 1.807) is 4.90 Å². The summed E-state index contributed by atoms with van der Waals surface area (Å²) in [5.41, 5.74) is 4.65. The van der Waals surface area contributed by atoms with E-state index >= 15 is 0 Å². The van der Waals surface area contributed by atoms with Crippen molar-refractivity contribution >= 4 is 18.0 Å². The number of carboxylic acids is 1. The average Bonchev–Trinajstić information content (AvgIpc) is 3.16. The summed E-state index contributed by atoms with van der Waals surface area (Å²) in [6, 6.07) is 16.0. The van der Waals surface area contributed by atoms with Crippen LogP contribution in [0.5, 0.6) is 0 Å². The number of carboxylic acid groups (broad SMARTS) is 1. The van der Waals surface area contributed by atoms with Crippen molar-refractivity contribution in [1.82, 2.24) is 10.2 Å². The molecule has 1 heterocycles. The van der Waals surface area contributed by atoms with E-state index in [-0.39, 0.29) is 36.8 Å². The van der Waals surface area contributed by atoms with Crippen LogP contribution in [0.15, 0.2) is 48.5 Å². The number of hydrogen-bond acceptors (Lipinski definition) is 4. The zero-order valence-corrected chi connectivity index (χ0v) is 18.8. The summed E-state index contributed by atoms with van der Waals surface area (Å²) in [6.45, 7) is 3.03. The maximum atomic E-state index is 12.7. The molecule has 1 atom stereocenters. The summed E-state index contributed by atoms with van der Waals surface area (Å²) in [7, 11) is 0. The second-order valence-electron chi connectivity index (χ2n) is 8.77. The first-order valence-corrected chi connectivity index (χ1v) is 11.6. The van der Waals surface area contributed by atoms with Gasteiger partial charge in [-0.05, 0) is 41.5 Å². The van der Waals surface area contributed by atoms with Crippen molar-refractivity contribution < 1.29 is 24.2 Å². The van der Waals surface area contributed by atoms with Gasteiger partial charge in [-0.25, -0.2) is 4.79 Å². The van der Waals surface area contributed by atoms with Gasteiger partial charge in [-0.2, -0.15) is 0 Å². The van der Waals surface area contributed by atoms with Crippen LogP contribution in [0.25, 0.3) is 11.1 Å². The molecule has 7 heteroatoms. The number of likely N-dealkylation sites (tertiary alicyclic amines) is 1. The largest absolute Gasteiger partial charge is 0.481 e. The summed E-state index contributed by atoms with van der Waals surface area (Å²) in [5, 5.41) is 12.0. The Hall–Kier alpha value is -3.35. The molecule has 1 fully saturated rings. The number of ether oxygens (including phenoxy) is 1. The number of aliphatic carboxylic acids is 1. The number of benzene rings is 2. The number of carbonyl (C=O) groups is 3. The topological polar surface area (TPSA) is 95.9 Å². The molecule has 1 aliphatic carbocycles. The van der Waals surface area contributed by atoms with Crippen LogP contribution in [0, 0.1) is 5.92 Å². The minimum atomic E-state index is -0.801. The smallest absolute Gasteiger partial charge is 0.407 e. The van der Waals surface area contributed by atoms with Gasteiger partial charge in [0.05, 0.1) is 5.92 Å². The Morgan fingerprint density at radius 2 is 1.61 bits per heavy atom. The fraction of sp³-hybridized carbons (Fsp3) is 0.423. The van der Waals surface area contributed by atoms with E-state index in [4.69, 9.17) is 9.84 Å². The van der Waals surface area contributed by atoms with E-state index < -0.39 is 12.1 Å². The molecule has 2 aromatic carbocycles. The molecule has 0 saturated carbocycles. The first kappa shape index (κ1) is 22.8. The first-order valence-electron chi connectivity index (χ1n) is 11.6. The number of alkyl carbamates (subject to hydrolysis) is 1. The summed E-state index contributed by atoms with van der Waals surface area (Å²) in [5.74, 6) is -1.26. The molecule has 1 saturated heterocycles. The molecule has 0 bridgehead atoms. The Kier molecular flexibility index (Phi) is 6.96. The molecule has 2 aromatic rings. The van der Waals surface area contributed by atoms with Crippen molar-refractivity contribution in [2.75, 3.05) is 19.7 Å². The Labute approximate surface area is 193 Å². The molecule has 4 rings (SSSR count). The van der Waals surface area contributed by atoms with Gasteiger partial charge >= 0.3 is 12.1 Å². The van der Waals surface area contributed by atoms with Crippen LogP contribution < -0.4 is 5.32 Å². The summed E-state index contributed by atoms with van der Waals surface area (Å²) in [4.78, 5) is 38.0. The zero-order valence-electron chi connectivity index (χ0n) is 18.8. The number of rotatable bonds is 7. The van der Waals surface area contributed by atoms with Gasteiger partial charge in [0, 0.05) is 31.5 Å². The van der Waals surface area contributed by atoms with Gasteiger partial charge < -0.3 is 20.1 Å². The van der Waals surface area contributed by atoms with Crippen LogP contribution in [0.4, 0.5) is 4.79 Å². The zero-order chi connectivity index (χ0) is 23.4. The van der Waals surface area contributed by atoms with Gasteiger partial charge in [0.1, 0.15) is 6.61 Å². The predicted octanol–water partition coefficient (Wildman–Crippen LogP) is 4.02. The molecule has 2 aliphatic rings. The molecule has 0 unspecified atom stereocenters. The maximum absolute atomic E-state index is 12.7. The van der Waals surface area contributed by atoms with Crippen molar-refractivity contribution in [3.05, 3.63) is 59.7 Å². The number of nitrogens with one attached hydrogen (secondary N) is 1. The number of hydrogen-bond donors (Lipinski definition) is 2. The Morgan fingerprint density at radius 3 is 2.15 bits per heavy atom. The molecule has 0 aromatic heterocycles. The fourth-order valence-corrected chi connectivity index (χ4v) is 4.82. The molecular formula is C26H30N2O5. The molecule has 33 heavy (non-hydrogen) atoms. The minimum Gasteiger partial charge on any atom is -0.481 e. The van der Waals surface area contributed by atoms with Crippen molar-refractivity contribution in [1.29, 1.82) is 0 Å². The van der Waals surface area contributed by atoms with Gasteiger partial charge in [0.2, 0.25) is 5.91 Å². The fourth-order valence-electron chi connectivity index (χ4n) is 4.82. The van der Waals surface area contributed by atoms with Crippen molar-refractivity contribution in [2.24, 2.45) is 5.92 Å². The van der Waals surface area contributed by atoms with E-state index in [1.807, 2.05) is 31.2 Å². The number of amides is 2. The Balaban J connectivity index is 1.30. The molecule has 7 nitrogen and oxygen atoms in total. The molecule has 0 radical (unpaired) electrons. The predicted molar refractivity (Wildman–Crippen MR) is 124 cm³/mol. The van der Waals surface area contributed by atoms with Crippen LogP contribution in [-0.4, -0.2) is 53.7 Å². The highest BCUT2D eigenvalue weighted by atomic mass is 16.5. The van der Waals surface area contributed by atoms with Gasteiger partial charge in [-0.15, -0.1) is 0 Å². The van der Waals surface area contributed by atoms with Crippen LogP contribution in [0.2, 0.25) is 0 Å². The van der Waals surface area contributed by atoms with Crippen molar-refractivity contribution in [2.45, 2.75) is 44.6 Å². The van der Waals surface area contributed by atoms with Gasteiger partial charge in [-0.1, -0.05) is 55.5 Å². The number of fused-ring (bicyclic) bond motifs is 3. The highest BCUT2D eigenvalue weighted by molar-refractivity contribution is 5.80. The van der Waals surface area contributed by atoms with E-state index in [9.17, 15) is 14.4 Å². The summed E-state index contributed by atoms with van der Waals surface area (Å²) >= 11 is 0. The number of piperidine rings is 1. The second-order valence-corrected chi connectivity index (χ2v) is 8.77. The van der Waals surface area contributed by atoms with Crippen LogP contribution in [-0.2, 0) is 14.3 Å².